The van der Waals surface area contributed by atoms with E-state index in [2.05, 4.69) is 22.5 Å². The van der Waals surface area contributed by atoms with Gasteiger partial charge in [0.15, 0.2) is 0 Å². The van der Waals surface area contributed by atoms with Gasteiger partial charge in [-0.2, -0.15) is 4.31 Å². The van der Waals surface area contributed by atoms with Gasteiger partial charge in [0, 0.05) is 11.0 Å². The van der Waals surface area contributed by atoms with Crippen LogP contribution in [0.1, 0.15) is 11.6 Å². The van der Waals surface area contributed by atoms with E-state index in [0.29, 0.717) is 10.0 Å². The molecule has 1 aromatic rings. The molecule has 130 valence electrons. The van der Waals surface area contributed by atoms with Crippen LogP contribution in [0.3, 0.4) is 0 Å². The Labute approximate surface area is 148 Å². The summed E-state index contributed by atoms with van der Waals surface area (Å²) in [5.41, 5.74) is 0.528. The van der Waals surface area contributed by atoms with E-state index >= 15 is 0 Å². The van der Waals surface area contributed by atoms with Gasteiger partial charge in [-0.1, -0.05) is 34.1 Å². The number of hydrogen-bond acceptors (Lipinski definition) is 4. The first-order chi connectivity index (χ1) is 11.2. The van der Waals surface area contributed by atoms with Crippen molar-refractivity contribution >= 4 is 37.8 Å². The van der Waals surface area contributed by atoms with Gasteiger partial charge in [0.2, 0.25) is 15.9 Å². The predicted molar refractivity (Wildman–Crippen MR) is 91.8 cm³/mol. The highest BCUT2D eigenvalue weighted by Crippen LogP contribution is 2.34. The Balaban J connectivity index is 2.65. The lowest BCUT2D eigenvalue weighted by atomic mass is 9.95. The molecule has 2 rings (SSSR count). The van der Waals surface area contributed by atoms with Crippen molar-refractivity contribution in [2.75, 3.05) is 19.3 Å². The zero-order valence-electron chi connectivity index (χ0n) is 12.9. The summed E-state index contributed by atoms with van der Waals surface area (Å²) in [6.07, 6.45) is 2.38. The number of benzene rings is 1. The lowest BCUT2D eigenvalue weighted by molar-refractivity contribution is -0.152. The molecule has 1 amide bonds. The predicted octanol–water partition coefficient (Wildman–Crippen LogP) is 1.23. The average Bonchev–Trinajstić information content (AvgIpc) is 2.47. The molecule has 1 aliphatic heterocycles. The van der Waals surface area contributed by atoms with Crippen molar-refractivity contribution in [3.8, 4) is 0 Å². The molecule has 0 spiro atoms. The van der Waals surface area contributed by atoms with Crippen molar-refractivity contribution in [2.45, 2.75) is 12.1 Å². The number of carboxylic acid groups (broad SMARTS) is 1. The maximum Gasteiger partial charge on any atom is 0.324 e. The van der Waals surface area contributed by atoms with E-state index < -0.39 is 40.5 Å². The number of carbonyl (C=O) groups excluding carboxylic acids is 1. The maximum atomic E-state index is 12.4. The minimum Gasteiger partial charge on any atom is -0.480 e. The average molecular weight is 417 g/mol. The molecule has 1 aliphatic rings. The molecule has 1 aromatic carbocycles. The molecule has 0 saturated carbocycles. The quantitative estimate of drug-likeness (QED) is 0.728. The summed E-state index contributed by atoms with van der Waals surface area (Å²) in [6.45, 7) is 3.21. The van der Waals surface area contributed by atoms with Crippen molar-refractivity contribution in [3.63, 3.8) is 0 Å². The topological polar surface area (TPSA) is 95.0 Å². The molecule has 1 heterocycles. The van der Waals surface area contributed by atoms with Crippen LogP contribution in [-0.2, 0) is 19.6 Å². The molecule has 1 fully saturated rings. The summed E-state index contributed by atoms with van der Waals surface area (Å²) in [4.78, 5) is 25.6. The highest BCUT2D eigenvalue weighted by molar-refractivity contribution is 9.10. The Morgan fingerprint density at radius 3 is 2.67 bits per heavy atom. The SMILES string of the molecule is C=CCN1C(=O)CN(S(C)(=O)=O)[C@H](C(=O)O)[C@H]1c1cccc(Br)c1. The number of halogens is 1. The van der Waals surface area contributed by atoms with E-state index in [4.69, 9.17) is 0 Å². The fourth-order valence-corrected chi connectivity index (χ4v) is 4.17. The van der Waals surface area contributed by atoms with Crippen LogP contribution in [0.15, 0.2) is 41.4 Å². The van der Waals surface area contributed by atoms with Crippen LogP contribution in [-0.4, -0.2) is 60.0 Å². The van der Waals surface area contributed by atoms with Crippen LogP contribution in [0.25, 0.3) is 0 Å². The number of amides is 1. The monoisotopic (exact) mass is 416 g/mol. The number of sulfonamides is 1. The molecule has 0 unspecified atom stereocenters. The van der Waals surface area contributed by atoms with Gasteiger partial charge in [0.25, 0.3) is 0 Å². The van der Waals surface area contributed by atoms with Gasteiger partial charge in [-0.05, 0) is 17.7 Å². The zero-order chi connectivity index (χ0) is 18.1. The van der Waals surface area contributed by atoms with E-state index in [1.807, 2.05) is 0 Å². The van der Waals surface area contributed by atoms with Gasteiger partial charge >= 0.3 is 5.97 Å². The third-order valence-corrected chi connectivity index (χ3v) is 5.45. The fourth-order valence-electron chi connectivity index (χ4n) is 2.79. The molecule has 0 bridgehead atoms. The van der Waals surface area contributed by atoms with Gasteiger partial charge < -0.3 is 10.0 Å². The number of hydrogen-bond donors (Lipinski definition) is 1. The smallest absolute Gasteiger partial charge is 0.324 e. The zero-order valence-corrected chi connectivity index (χ0v) is 15.3. The normalized spacial score (nSPS) is 22.4. The molecule has 1 N–H and O–H groups in total. The van der Waals surface area contributed by atoms with E-state index in [1.165, 1.54) is 11.0 Å². The van der Waals surface area contributed by atoms with Crippen molar-refractivity contribution in [1.29, 1.82) is 0 Å². The molecule has 0 aliphatic carbocycles. The first-order valence-electron chi connectivity index (χ1n) is 7.02. The van der Waals surface area contributed by atoms with Crippen molar-refractivity contribution in [3.05, 3.63) is 47.0 Å². The van der Waals surface area contributed by atoms with Crippen LogP contribution < -0.4 is 0 Å². The van der Waals surface area contributed by atoms with Crippen LogP contribution in [0.4, 0.5) is 0 Å². The molecule has 2 atom stereocenters. The Morgan fingerprint density at radius 2 is 2.17 bits per heavy atom. The highest BCUT2D eigenvalue weighted by Gasteiger charge is 2.48. The standard InChI is InChI=1S/C15H17BrN2O5S/c1-3-7-17-12(19)9-18(24(2,22)23)14(15(20)21)13(17)10-5-4-6-11(16)8-10/h3-6,8,13-14H,1,7,9H2,2H3,(H,20,21)/t13-,14+/m1/s1. The van der Waals surface area contributed by atoms with E-state index in [9.17, 15) is 23.1 Å². The Kier molecular flexibility index (Phi) is 5.46. The fraction of sp³-hybridized carbons (Fsp3) is 0.333. The lowest BCUT2D eigenvalue weighted by Gasteiger charge is -2.44. The van der Waals surface area contributed by atoms with Crippen molar-refractivity contribution in [2.24, 2.45) is 0 Å². The van der Waals surface area contributed by atoms with Crippen molar-refractivity contribution < 1.29 is 23.1 Å². The number of aliphatic carboxylic acids is 1. The molecular formula is C15H17BrN2O5S. The number of rotatable bonds is 5. The summed E-state index contributed by atoms with van der Waals surface area (Å²) in [6, 6.07) is 4.45. The summed E-state index contributed by atoms with van der Waals surface area (Å²) >= 11 is 3.31. The van der Waals surface area contributed by atoms with Gasteiger partial charge in [0.1, 0.15) is 6.04 Å². The molecule has 0 radical (unpaired) electrons. The van der Waals surface area contributed by atoms with Gasteiger partial charge in [0.05, 0.1) is 18.8 Å². The lowest BCUT2D eigenvalue weighted by Crippen LogP contribution is -2.61. The van der Waals surface area contributed by atoms with Crippen LogP contribution in [0.2, 0.25) is 0 Å². The third kappa shape index (κ3) is 3.68. The van der Waals surface area contributed by atoms with Crippen LogP contribution in [0, 0.1) is 0 Å². The Bertz CT molecular complexity index is 780. The molecule has 9 heteroatoms. The summed E-state index contributed by atoms with van der Waals surface area (Å²) in [5.74, 6) is -1.78. The van der Waals surface area contributed by atoms with E-state index in [0.717, 1.165) is 10.6 Å². The Morgan fingerprint density at radius 1 is 1.50 bits per heavy atom. The molecule has 1 saturated heterocycles. The van der Waals surface area contributed by atoms with E-state index in [-0.39, 0.29) is 6.54 Å². The summed E-state index contributed by atoms with van der Waals surface area (Å²) in [7, 11) is -3.87. The highest BCUT2D eigenvalue weighted by atomic mass is 79.9. The Hall–Kier alpha value is -1.71. The largest absolute Gasteiger partial charge is 0.480 e. The molecule has 0 aromatic heterocycles. The summed E-state index contributed by atoms with van der Waals surface area (Å²) < 4.78 is 25.5. The second kappa shape index (κ2) is 7.04. The number of carboxylic acids is 1. The van der Waals surface area contributed by atoms with Gasteiger partial charge in [-0.3, -0.25) is 9.59 Å². The minimum atomic E-state index is -3.87. The molecule has 24 heavy (non-hydrogen) atoms. The number of nitrogens with zero attached hydrogens (tertiary/aromatic N) is 2. The maximum absolute atomic E-state index is 12.4. The van der Waals surface area contributed by atoms with E-state index in [1.54, 1.807) is 24.3 Å². The van der Waals surface area contributed by atoms with Gasteiger partial charge in [-0.25, -0.2) is 8.42 Å². The van der Waals surface area contributed by atoms with Crippen LogP contribution >= 0.6 is 15.9 Å². The number of carbonyl (C=O) groups is 2. The number of piperazine rings is 1. The third-order valence-electron chi connectivity index (χ3n) is 3.75. The summed E-state index contributed by atoms with van der Waals surface area (Å²) in [5, 5.41) is 9.66. The van der Waals surface area contributed by atoms with Crippen molar-refractivity contribution in [1.82, 2.24) is 9.21 Å². The minimum absolute atomic E-state index is 0.122. The molecule has 7 nitrogen and oxygen atoms in total. The van der Waals surface area contributed by atoms with Gasteiger partial charge in [-0.15, -0.1) is 6.58 Å². The van der Waals surface area contributed by atoms with Crippen LogP contribution in [0.5, 0.6) is 0 Å². The molecular weight excluding hydrogens is 400 g/mol. The second-order valence-corrected chi connectivity index (χ2v) is 8.28. The first-order valence-corrected chi connectivity index (χ1v) is 9.66. The first kappa shape index (κ1) is 18.6. The second-order valence-electron chi connectivity index (χ2n) is 5.43.